The Hall–Kier alpha value is -3.12. The van der Waals surface area contributed by atoms with Crippen LogP contribution in [0.2, 0.25) is 5.02 Å². The number of nitrogens with zero attached hydrogens (tertiary/aromatic N) is 4. The SMILES string of the molecule is CC(C)(C(=O)N1CCN(c2cccc(Cl)c2)CC1)n1nc(-c2ccccc2)ccc1=O. The van der Waals surface area contributed by atoms with E-state index in [0.29, 0.717) is 36.9 Å². The molecule has 1 fully saturated rings. The van der Waals surface area contributed by atoms with E-state index in [4.69, 9.17) is 11.6 Å². The summed E-state index contributed by atoms with van der Waals surface area (Å²) in [4.78, 5) is 30.0. The van der Waals surface area contributed by atoms with E-state index in [0.717, 1.165) is 11.3 Å². The fourth-order valence-electron chi connectivity index (χ4n) is 3.89. The normalized spacial score (nSPS) is 14.5. The third-order valence-corrected chi connectivity index (χ3v) is 5.90. The van der Waals surface area contributed by atoms with E-state index < -0.39 is 5.54 Å². The number of benzene rings is 2. The van der Waals surface area contributed by atoms with Crippen molar-refractivity contribution in [2.75, 3.05) is 31.1 Å². The van der Waals surface area contributed by atoms with Crippen molar-refractivity contribution in [1.29, 1.82) is 0 Å². The molecule has 160 valence electrons. The molecule has 4 rings (SSSR count). The molecule has 0 N–H and O–H groups in total. The van der Waals surface area contributed by atoms with Crippen molar-refractivity contribution in [3.05, 3.63) is 82.1 Å². The molecule has 2 aromatic carbocycles. The van der Waals surface area contributed by atoms with Crippen molar-refractivity contribution in [2.24, 2.45) is 0 Å². The fraction of sp³-hybridized carbons (Fsp3) is 0.292. The summed E-state index contributed by atoms with van der Waals surface area (Å²) in [5.41, 5.74) is 1.21. The number of hydrogen-bond acceptors (Lipinski definition) is 4. The summed E-state index contributed by atoms with van der Waals surface area (Å²) in [6.07, 6.45) is 0. The predicted molar refractivity (Wildman–Crippen MR) is 124 cm³/mol. The van der Waals surface area contributed by atoms with Crippen LogP contribution >= 0.6 is 11.6 Å². The highest BCUT2D eigenvalue weighted by atomic mass is 35.5. The zero-order chi connectivity index (χ0) is 22.0. The van der Waals surface area contributed by atoms with E-state index in [1.54, 1.807) is 19.9 Å². The molecule has 0 unspecified atom stereocenters. The first-order valence-electron chi connectivity index (χ1n) is 10.3. The minimum atomic E-state index is -1.10. The minimum absolute atomic E-state index is 0.113. The van der Waals surface area contributed by atoms with E-state index in [-0.39, 0.29) is 11.5 Å². The minimum Gasteiger partial charge on any atom is -0.368 e. The van der Waals surface area contributed by atoms with Gasteiger partial charge in [-0.15, -0.1) is 0 Å². The van der Waals surface area contributed by atoms with Crippen molar-refractivity contribution >= 4 is 23.2 Å². The molecular weight excluding hydrogens is 412 g/mol. The Morgan fingerprint density at radius 3 is 2.32 bits per heavy atom. The van der Waals surface area contributed by atoms with Gasteiger partial charge in [-0.1, -0.05) is 48.0 Å². The first-order valence-corrected chi connectivity index (χ1v) is 10.7. The van der Waals surface area contributed by atoms with Gasteiger partial charge in [-0.25, -0.2) is 4.68 Å². The van der Waals surface area contributed by atoms with Gasteiger partial charge in [0.25, 0.3) is 5.56 Å². The third kappa shape index (κ3) is 4.35. The van der Waals surface area contributed by atoms with Crippen LogP contribution in [0.5, 0.6) is 0 Å². The number of anilines is 1. The van der Waals surface area contributed by atoms with Gasteiger partial charge in [-0.2, -0.15) is 5.10 Å². The van der Waals surface area contributed by atoms with Crippen LogP contribution in [0.3, 0.4) is 0 Å². The summed E-state index contributed by atoms with van der Waals surface area (Å²) in [6, 6.07) is 20.5. The average Bonchev–Trinajstić information content (AvgIpc) is 2.79. The van der Waals surface area contributed by atoms with E-state index in [1.165, 1.54) is 10.7 Å². The van der Waals surface area contributed by atoms with Gasteiger partial charge in [-0.05, 0) is 38.1 Å². The molecule has 0 atom stereocenters. The lowest BCUT2D eigenvalue weighted by atomic mass is 10.0. The summed E-state index contributed by atoms with van der Waals surface area (Å²) in [7, 11) is 0. The van der Waals surface area contributed by atoms with E-state index >= 15 is 0 Å². The molecule has 1 saturated heterocycles. The van der Waals surface area contributed by atoms with Gasteiger partial charge in [0.15, 0.2) is 0 Å². The summed E-state index contributed by atoms with van der Waals surface area (Å²) in [6.45, 7) is 6.05. The van der Waals surface area contributed by atoms with Gasteiger partial charge in [0.2, 0.25) is 5.91 Å². The Labute approximate surface area is 186 Å². The lowest BCUT2D eigenvalue weighted by molar-refractivity contribution is -0.140. The van der Waals surface area contributed by atoms with Gasteiger partial charge in [0, 0.05) is 48.5 Å². The molecule has 1 aliphatic heterocycles. The molecule has 6 nitrogen and oxygen atoms in total. The number of piperazine rings is 1. The van der Waals surface area contributed by atoms with Gasteiger partial charge in [0.05, 0.1) is 5.69 Å². The quantitative estimate of drug-likeness (QED) is 0.626. The smallest absolute Gasteiger partial charge is 0.267 e. The van der Waals surface area contributed by atoms with Crippen LogP contribution in [-0.4, -0.2) is 46.8 Å². The van der Waals surface area contributed by atoms with Gasteiger partial charge in [0.1, 0.15) is 5.54 Å². The molecule has 0 radical (unpaired) electrons. The molecule has 31 heavy (non-hydrogen) atoms. The second-order valence-electron chi connectivity index (χ2n) is 8.15. The number of rotatable bonds is 4. The maximum absolute atomic E-state index is 13.4. The maximum atomic E-state index is 13.4. The Morgan fingerprint density at radius 2 is 1.65 bits per heavy atom. The Morgan fingerprint density at radius 1 is 0.935 bits per heavy atom. The number of hydrogen-bond donors (Lipinski definition) is 0. The maximum Gasteiger partial charge on any atom is 0.267 e. The summed E-state index contributed by atoms with van der Waals surface area (Å²) >= 11 is 6.11. The molecular formula is C24H25ClN4O2. The predicted octanol–water partition coefficient (Wildman–Crippen LogP) is 3.65. The molecule has 3 aromatic rings. The highest BCUT2D eigenvalue weighted by Gasteiger charge is 2.37. The van der Waals surface area contributed by atoms with Crippen molar-refractivity contribution in [3.63, 3.8) is 0 Å². The van der Waals surface area contributed by atoms with Crippen LogP contribution in [0.15, 0.2) is 71.5 Å². The monoisotopic (exact) mass is 436 g/mol. The first-order chi connectivity index (χ1) is 14.9. The zero-order valence-corrected chi connectivity index (χ0v) is 18.4. The molecule has 1 amide bonds. The highest BCUT2D eigenvalue weighted by Crippen LogP contribution is 2.23. The van der Waals surface area contributed by atoms with Gasteiger partial charge >= 0.3 is 0 Å². The van der Waals surface area contributed by atoms with Crippen molar-refractivity contribution in [1.82, 2.24) is 14.7 Å². The molecule has 1 aromatic heterocycles. The second-order valence-corrected chi connectivity index (χ2v) is 8.59. The molecule has 7 heteroatoms. The van der Waals surface area contributed by atoms with E-state index in [9.17, 15) is 9.59 Å². The van der Waals surface area contributed by atoms with Crippen LogP contribution in [-0.2, 0) is 10.3 Å². The van der Waals surface area contributed by atoms with Crippen LogP contribution in [0.1, 0.15) is 13.8 Å². The number of aromatic nitrogens is 2. The van der Waals surface area contributed by atoms with Crippen molar-refractivity contribution < 1.29 is 4.79 Å². The third-order valence-electron chi connectivity index (χ3n) is 5.66. The number of halogens is 1. The van der Waals surface area contributed by atoms with Gasteiger partial charge in [-0.3, -0.25) is 9.59 Å². The largest absolute Gasteiger partial charge is 0.368 e. The number of amides is 1. The Kier molecular flexibility index (Phi) is 5.83. The molecule has 1 aliphatic rings. The van der Waals surface area contributed by atoms with Crippen LogP contribution in [0.4, 0.5) is 5.69 Å². The number of carbonyl (C=O) groups is 1. The average molecular weight is 437 g/mol. The lowest BCUT2D eigenvalue weighted by Gasteiger charge is -2.39. The molecule has 0 aliphatic carbocycles. The zero-order valence-electron chi connectivity index (χ0n) is 17.7. The number of carbonyl (C=O) groups excluding carboxylic acids is 1. The summed E-state index contributed by atoms with van der Waals surface area (Å²) < 4.78 is 1.31. The topological polar surface area (TPSA) is 58.4 Å². The van der Waals surface area contributed by atoms with Crippen molar-refractivity contribution in [3.8, 4) is 11.3 Å². The molecule has 0 bridgehead atoms. The van der Waals surface area contributed by atoms with E-state index in [2.05, 4.69) is 10.00 Å². The highest BCUT2D eigenvalue weighted by molar-refractivity contribution is 6.30. The molecule has 0 saturated carbocycles. The summed E-state index contributed by atoms with van der Waals surface area (Å²) in [5, 5.41) is 5.23. The Bertz CT molecular complexity index is 1140. The van der Waals surface area contributed by atoms with Crippen LogP contribution < -0.4 is 10.5 Å². The van der Waals surface area contributed by atoms with Gasteiger partial charge < -0.3 is 9.80 Å². The summed E-state index contributed by atoms with van der Waals surface area (Å²) in [5.74, 6) is -0.113. The standard InChI is InChI=1S/C24H25ClN4O2/c1-24(2,29-22(30)12-11-21(26-29)18-7-4-3-5-8-18)23(31)28-15-13-27(14-16-28)20-10-6-9-19(25)17-20/h3-12,17H,13-16H2,1-2H3. The van der Waals surface area contributed by atoms with E-state index in [1.807, 2.05) is 59.5 Å². The van der Waals surface area contributed by atoms with Crippen molar-refractivity contribution in [2.45, 2.75) is 19.4 Å². The lowest BCUT2D eigenvalue weighted by Crippen LogP contribution is -2.56. The molecule has 0 spiro atoms. The first kappa shape index (κ1) is 21.1. The molecule has 2 heterocycles. The van der Waals surface area contributed by atoms with Crippen LogP contribution in [0, 0.1) is 0 Å². The second kappa shape index (κ2) is 8.55. The Balaban J connectivity index is 1.53. The van der Waals surface area contributed by atoms with Crippen LogP contribution in [0.25, 0.3) is 11.3 Å². The fourth-order valence-corrected chi connectivity index (χ4v) is 4.08.